The SMILES string of the molecule is CCO[C@@H]1C2=NC(CS2)c2ccc3c(c2)c(c(-c2cc(C4C[C@@H]5COC[C@@H](C4)N5C4CC4)cnc2[C@H](C)OC)n3CC)CC(C)(C)COC(=O)[C@@H]2CCCN(N2)C(=O)[C@H]1NC(=O)C1[C@@H](C)[C@H]1C. The summed E-state index contributed by atoms with van der Waals surface area (Å²) in [5.74, 6) is 0.395. The molecule has 2 N–H and O–H groups in total. The number of esters is 1. The number of nitrogens with one attached hydrogen (secondary N) is 2. The molecule has 67 heavy (non-hydrogen) atoms. The maximum atomic E-state index is 14.7. The van der Waals surface area contributed by atoms with Gasteiger partial charge in [0.05, 0.1) is 43.4 Å². The van der Waals surface area contributed by atoms with Crippen molar-refractivity contribution in [3.05, 3.63) is 52.8 Å². The van der Waals surface area contributed by atoms with Gasteiger partial charge >= 0.3 is 5.97 Å². The lowest BCUT2D eigenvalue weighted by molar-refractivity contribution is -0.156. The fraction of sp³-hybridized carbons (Fsp3) is 0.673. The first-order valence-corrected chi connectivity index (χ1v) is 26.2. The highest BCUT2D eigenvalue weighted by molar-refractivity contribution is 8.14. The topological polar surface area (TPSA) is 149 Å². The first kappa shape index (κ1) is 46.8. The zero-order chi connectivity index (χ0) is 46.9. The zero-order valence-corrected chi connectivity index (χ0v) is 41.5. The summed E-state index contributed by atoms with van der Waals surface area (Å²) in [6, 6.07) is 8.75. The summed E-state index contributed by atoms with van der Waals surface area (Å²) in [6.45, 7) is 17.8. The van der Waals surface area contributed by atoms with Crippen LogP contribution in [0.2, 0.25) is 0 Å². The number of cyclic esters (lactones) is 1. The van der Waals surface area contributed by atoms with Crippen molar-refractivity contribution >= 4 is 45.5 Å². The molecule has 2 amide bonds. The minimum Gasteiger partial charge on any atom is -0.464 e. The molecule has 2 aromatic heterocycles. The molecule has 7 aliphatic rings. The van der Waals surface area contributed by atoms with E-state index in [4.69, 9.17) is 28.9 Å². The fourth-order valence-corrected chi connectivity index (χ4v) is 13.2. The molecule has 14 nitrogen and oxygen atoms in total. The average Bonchev–Trinajstić information content (AvgIpc) is 4.18. The lowest BCUT2D eigenvalue weighted by Gasteiger charge is -2.49. The number of amides is 2. The molecule has 2 saturated carbocycles. The Hall–Kier alpha value is -3.86. The van der Waals surface area contributed by atoms with Gasteiger partial charge in [-0.3, -0.25) is 34.3 Å². The third kappa shape index (κ3) is 8.99. The number of carbonyl (C=O) groups excluding carboxylic acids is 3. The third-order valence-corrected chi connectivity index (χ3v) is 17.2. The average molecular weight is 938 g/mol. The first-order chi connectivity index (χ1) is 32.3. The molecule has 5 fully saturated rings. The number of thioether (sulfide) groups is 1. The summed E-state index contributed by atoms with van der Waals surface area (Å²) >= 11 is 1.59. The number of hydrogen-bond donors (Lipinski definition) is 2. The van der Waals surface area contributed by atoms with Gasteiger partial charge in [0, 0.05) is 84.7 Å². The Morgan fingerprint density at radius 1 is 1.04 bits per heavy atom. The maximum Gasteiger partial charge on any atom is 0.324 e. The number of aliphatic imine (C=N–C) groups is 1. The van der Waals surface area contributed by atoms with E-state index >= 15 is 0 Å². The molecule has 10 rings (SSSR count). The second-order valence-electron chi connectivity index (χ2n) is 21.3. The Labute approximate surface area is 400 Å². The van der Waals surface area contributed by atoms with Gasteiger partial charge in [-0.15, -0.1) is 11.8 Å². The standard InChI is InChI=1S/C52H71N7O7S/c1-9-57-42-16-13-31-20-37(42)39(46(57)38-21-33(23-53-44(38)30(5)63-8)32-18-35-24-64-25-36(19-32)59(35)34-14-15-34)22-52(6,7)27-66-51(62)40-12-11-17-58(56-40)50(61)45(55-48(60)43-28(3)29(43)4)47(65-10-2)49-54-41(31)26-67-49/h13,16,20-21,23,28-30,32,34-36,40-41,43,45,47,56H,9-12,14-15,17-19,22,24-27H2,1-8H3,(H,55,60)/t28-,29+,30-,35+,36+,40-,41?,43?,45-,47-/m0/s1. The monoisotopic (exact) mass is 938 g/mol. The largest absolute Gasteiger partial charge is 0.464 e. The van der Waals surface area contributed by atoms with Gasteiger partial charge in [-0.25, -0.2) is 5.43 Å². The molecule has 15 heteroatoms. The number of aryl methyl sites for hydroxylation is 1. The number of carbonyl (C=O) groups is 3. The molecule has 0 radical (unpaired) electrons. The van der Waals surface area contributed by atoms with E-state index in [-0.39, 0.29) is 48.3 Å². The second kappa shape index (κ2) is 18.8. The number of ether oxygens (including phenoxy) is 4. The Morgan fingerprint density at radius 2 is 1.81 bits per heavy atom. The fourth-order valence-electron chi connectivity index (χ4n) is 12.0. The van der Waals surface area contributed by atoms with Crippen LogP contribution >= 0.6 is 11.8 Å². The van der Waals surface area contributed by atoms with Gasteiger partial charge < -0.3 is 28.8 Å². The van der Waals surface area contributed by atoms with Crippen molar-refractivity contribution in [2.24, 2.45) is 28.2 Å². The molecule has 10 atom stereocenters. The van der Waals surface area contributed by atoms with Crippen molar-refractivity contribution < 1.29 is 33.3 Å². The predicted octanol–water partition coefficient (Wildman–Crippen LogP) is 7.14. The van der Waals surface area contributed by atoms with Crippen LogP contribution in [0.4, 0.5) is 0 Å². The van der Waals surface area contributed by atoms with Gasteiger partial charge in [-0.05, 0) is 118 Å². The van der Waals surface area contributed by atoms with Crippen molar-refractivity contribution in [2.75, 3.05) is 45.8 Å². The highest BCUT2D eigenvalue weighted by Gasteiger charge is 2.51. The number of methoxy groups -OCH3 is 1. The van der Waals surface area contributed by atoms with Crippen molar-refractivity contribution in [1.29, 1.82) is 0 Å². The number of pyridine rings is 1. The minimum atomic E-state index is -1.04. The molecule has 8 bridgehead atoms. The van der Waals surface area contributed by atoms with E-state index in [2.05, 4.69) is 92.2 Å². The van der Waals surface area contributed by atoms with Crippen molar-refractivity contribution in [2.45, 2.75) is 154 Å². The van der Waals surface area contributed by atoms with Crippen LogP contribution in [0.25, 0.3) is 22.2 Å². The normalized spacial score (nSPS) is 32.7. The molecule has 3 aromatic rings. The first-order valence-electron chi connectivity index (χ1n) is 25.2. The smallest absolute Gasteiger partial charge is 0.324 e. The summed E-state index contributed by atoms with van der Waals surface area (Å²) in [5.41, 5.74) is 10.5. The van der Waals surface area contributed by atoms with Gasteiger partial charge in [0.2, 0.25) is 5.91 Å². The Kier molecular flexibility index (Phi) is 13.1. The van der Waals surface area contributed by atoms with Gasteiger partial charge in [-0.1, -0.05) is 33.8 Å². The molecule has 362 valence electrons. The van der Waals surface area contributed by atoms with E-state index in [0.717, 1.165) is 66.0 Å². The number of hydrazine groups is 1. The molecule has 1 aromatic carbocycles. The van der Waals surface area contributed by atoms with E-state index < -0.39 is 29.6 Å². The van der Waals surface area contributed by atoms with Gasteiger partial charge in [-0.2, -0.15) is 0 Å². The van der Waals surface area contributed by atoms with Gasteiger partial charge in [0.25, 0.3) is 5.91 Å². The maximum absolute atomic E-state index is 14.7. The van der Waals surface area contributed by atoms with Crippen LogP contribution in [0.15, 0.2) is 35.5 Å². The van der Waals surface area contributed by atoms with Crippen molar-refractivity contribution in [3.63, 3.8) is 0 Å². The number of rotatable bonds is 10. The van der Waals surface area contributed by atoms with Crippen LogP contribution in [0.3, 0.4) is 0 Å². The summed E-state index contributed by atoms with van der Waals surface area (Å²) in [7, 11) is 1.75. The van der Waals surface area contributed by atoms with Crippen molar-refractivity contribution in [3.8, 4) is 11.3 Å². The van der Waals surface area contributed by atoms with Crippen LogP contribution in [0.5, 0.6) is 0 Å². The highest BCUT2D eigenvalue weighted by Crippen LogP contribution is 2.48. The minimum absolute atomic E-state index is 0.158. The molecule has 2 aliphatic carbocycles. The van der Waals surface area contributed by atoms with E-state index in [1.54, 1.807) is 18.9 Å². The van der Waals surface area contributed by atoms with Gasteiger partial charge in [0.15, 0.2) is 0 Å². The molecule has 7 heterocycles. The number of nitrogens with zero attached hydrogens (tertiary/aromatic N) is 5. The van der Waals surface area contributed by atoms with E-state index in [1.165, 1.54) is 29.0 Å². The Morgan fingerprint density at radius 3 is 2.49 bits per heavy atom. The zero-order valence-electron chi connectivity index (χ0n) is 40.7. The predicted molar refractivity (Wildman–Crippen MR) is 260 cm³/mol. The number of benzene rings is 1. The van der Waals surface area contributed by atoms with E-state index in [9.17, 15) is 14.4 Å². The van der Waals surface area contributed by atoms with Crippen LogP contribution in [-0.2, 0) is 46.3 Å². The van der Waals surface area contributed by atoms with Crippen LogP contribution in [-0.4, -0.2) is 124 Å². The molecule has 3 saturated heterocycles. The summed E-state index contributed by atoms with van der Waals surface area (Å²) in [6.07, 6.45) is 7.49. The number of aromatic nitrogens is 2. The Balaban J connectivity index is 1.09. The number of morpholine rings is 1. The lowest BCUT2D eigenvalue weighted by atomic mass is 9.80. The van der Waals surface area contributed by atoms with E-state index in [0.29, 0.717) is 67.3 Å². The van der Waals surface area contributed by atoms with Crippen LogP contribution in [0.1, 0.15) is 127 Å². The quantitative estimate of drug-likeness (QED) is 0.200. The molecule has 2 unspecified atom stereocenters. The lowest BCUT2D eigenvalue weighted by Crippen LogP contribution is -2.63. The Bertz CT molecular complexity index is 2400. The highest BCUT2D eigenvalue weighted by atomic mass is 32.2. The third-order valence-electron chi connectivity index (χ3n) is 16.1. The molecule has 5 aliphatic heterocycles. The van der Waals surface area contributed by atoms with Crippen molar-refractivity contribution in [1.82, 2.24) is 30.2 Å². The number of piperidine rings is 1. The van der Waals surface area contributed by atoms with Crippen LogP contribution < -0.4 is 10.7 Å². The summed E-state index contributed by atoms with van der Waals surface area (Å²) in [4.78, 5) is 56.0. The summed E-state index contributed by atoms with van der Waals surface area (Å²) < 4.78 is 27.3. The molecular weight excluding hydrogens is 867 g/mol. The summed E-state index contributed by atoms with van der Waals surface area (Å²) in [5, 5.41) is 6.45. The number of fused-ring (bicyclic) bond motifs is 7. The molecule has 0 spiro atoms. The molecular formula is C52H71N7O7S. The van der Waals surface area contributed by atoms with E-state index in [1.807, 2.05) is 6.92 Å². The van der Waals surface area contributed by atoms with Gasteiger partial charge in [0.1, 0.15) is 23.2 Å². The second-order valence-corrected chi connectivity index (χ2v) is 22.3. The van der Waals surface area contributed by atoms with Crippen LogP contribution in [0, 0.1) is 23.2 Å². The number of hydrogen-bond acceptors (Lipinski definition) is 12.